The molecular formula is C64H41N5S. The van der Waals surface area contributed by atoms with Gasteiger partial charge in [-0.1, -0.05) is 158 Å². The highest BCUT2D eigenvalue weighted by molar-refractivity contribution is 7.98. The van der Waals surface area contributed by atoms with Crippen LogP contribution in [-0.2, 0) is 5.75 Å². The lowest BCUT2D eigenvalue weighted by Gasteiger charge is -2.28. The molecular weight excluding hydrogens is 871 g/mol. The Kier molecular flexibility index (Phi) is 8.65. The highest BCUT2D eigenvalue weighted by atomic mass is 32.2. The lowest BCUT2D eigenvalue weighted by Crippen LogP contribution is -2.33. The van der Waals surface area contributed by atoms with Gasteiger partial charge in [-0.3, -0.25) is 0 Å². The minimum atomic E-state index is -0.429. The highest BCUT2D eigenvalue weighted by Crippen LogP contribution is 2.49. The van der Waals surface area contributed by atoms with Crippen LogP contribution in [0.1, 0.15) is 28.4 Å². The standard InChI is InChI=1S/C64H41N5S/c1-2-21-48(22-3-1)68-55-25-13-12-24-50(55)51-29-28-46(37-57(51)68)63-65-62(45-27-26-39-14-4-5-15-40(39)32-45)66-64(67-63)52-30-31-56(61-60(52)49-23-11-10-20-47(49)38-70-61)69-58-35-43-18-8-6-16-41(43)33-53(58)54-34-42-17-7-9-19-44(42)36-59(54)69/h1-37,63H,38H2,(H,65,66,67). The summed E-state index contributed by atoms with van der Waals surface area (Å²) in [5, 5.41) is 16.1. The van der Waals surface area contributed by atoms with E-state index in [2.05, 4.69) is 239 Å². The molecule has 0 saturated carbocycles. The second kappa shape index (κ2) is 15.4. The van der Waals surface area contributed by atoms with Crippen molar-refractivity contribution in [2.24, 2.45) is 9.98 Å². The van der Waals surface area contributed by atoms with Crippen molar-refractivity contribution in [3.63, 3.8) is 0 Å². The number of nitrogens with zero attached hydrogens (tertiary/aromatic N) is 4. The lowest BCUT2D eigenvalue weighted by atomic mass is 9.93. The summed E-state index contributed by atoms with van der Waals surface area (Å²) >= 11 is 1.91. The Bertz CT molecular complexity index is 4310. The molecule has 0 aliphatic carbocycles. The van der Waals surface area contributed by atoms with Crippen molar-refractivity contribution in [2.75, 3.05) is 0 Å². The number of amidine groups is 2. The van der Waals surface area contributed by atoms with Crippen LogP contribution in [0.25, 0.3) is 98.4 Å². The molecule has 1 N–H and O–H groups in total. The largest absolute Gasteiger partial charge is 0.344 e. The Morgan fingerprint density at radius 2 is 1.06 bits per heavy atom. The first-order chi connectivity index (χ1) is 34.7. The van der Waals surface area contributed by atoms with E-state index >= 15 is 0 Å². The molecule has 2 aliphatic heterocycles. The van der Waals surface area contributed by atoms with Crippen molar-refractivity contribution in [1.29, 1.82) is 0 Å². The van der Waals surface area contributed by atoms with Gasteiger partial charge < -0.3 is 14.5 Å². The molecule has 0 saturated heterocycles. The smallest absolute Gasteiger partial charge is 0.160 e. The normalized spacial score (nSPS) is 14.6. The highest BCUT2D eigenvalue weighted by Gasteiger charge is 2.30. The van der Waals surface area contributed by atoms with Gasteiger partial charge >= 0.3 is 0 Å². The first-order valence-electron chi connectivity index (χ1n) is 23.9. The average Bonchev–Trinajstić information content (AvgIpc) is 3.92. The molecule has 0 bridgehead atoms. The van der Waals surface area contributed by atoms with Crippen LogP contribution in [0.3, 0.4) is 0 Å². The Labute approximate surface area is 407 Å². The third-order valence-electron chi connectivity index (χ3n) is 14.6. The Balaban J connectivity index is 0.982. The molecule has 70 heavy (non-hydrogen) atoms. The summed E-state index contributed by atoms with van der Waals surface area (Å²) in [4.78, 5) is 12.4. The van der Waals surface area contributed by atoms with E-state index in [1.54, 1.807) is 0 Å². The number of thioether (sulfide) groups is 1. The molecule has 0 spiro atoms. The van der Waals surface area contributed by atoms with Gasteiger partial charge in [-0.25, -0.2) is 9.98 Å². The number of hydrogen-bond acceptors (Lipinski definition) is 4. The third-order valence-corrected chi connectivity index (χ3v) is 15.7. The molecule has 13 aromatic rings. The quantitative estimate of drug-likeness (QED) is 0.187. The van der Waals surface area contributed by atoms with Crippen LogP contribution in [0, 0.1) is 0 Å². The molecule has 4 heterocycles. The maximum Gasteiger partial charge on any atom is 0.160 e. The number of fused-ring (bicyclic) bond motifs is 12. The Morgan fingerprint density at radius 3 is 1.81 bits per heavy atom. The summed E-state index contributed by atoms with van der Waals surface area (Å²) in [6.45, 7) is 0. The molecule has 15 rings (SSSR count). The van der Waals surface area contributed by atoms with Gasteiger partial charge in [0.25, 0.3) is 0 Å². The lowest BCUT2D eigenvalue weighted by molar-refractivity contribution is 0.675. The molecule has 2 aromatic heterocycles. The zero-order valence-corrected chi connectivity index (χ0v) is 38.7. The van der Waals surface area contributed by atoms with E-state index in [0.717, 1.165) is 50.6 Å². The zero-order chi connectivity index (χ0) is 45.9. The minimum absolute atomic E-state index is 0.429. The summed E-state index contributed by atoms with van der Waals surface area (Å²) in [5.41, 5.74) is 13.8. The van der Waals surface area contributed by atoms with Gasteiger partial charge in [-0.05, 0) is 116 Å². The SMILES string of the molecule is c1ccc(-n2c3ccccc3c3ccc(C4N=C(c5ccc(-n6c7cc8ccccc8cc7c7cc8ccccc8cc76)c6c5-c5ccccc5CS6)N=C(c5ccc6ccccc6c5)N4)cc32)cc1. The molecule has 1 atom stereocenters. The number of aliphatic imine (C=N–C) groups is 2. The topological polar surface area (TPSA) is 46.6 Å². The molecule has 5 nitrogen and oxygen atoms in total. The van der Waals surface area contributed by atoms with Gasteiger partial charge in [0.05, 0.1) is 27.8 Å². The number of aromatic nitrogens is 2. The van der Waals surface area contributed by atoms with E-state index in [4.69, 9.17) is 9.98 Å². The van der Waals surface area contributed by atoms with E-state index in [9.17, 15) is 0 Å². The van der Waals surface area contributed by atoms with E-state index < -0.39 is 6.17 Å². The Hall–Kier alpha value is -8.71. The number of rotatable bonds is 5. The number of hydrogen-bond donors (Lipinski definition) is 1. The summed E-state index contributed by atoms with van der Waals surface area (Å²) in [6.07, 6.45) is -0.429. The molecule has 1 unspecified atom stereocenters. The van der Waals surface area contributed by atoms with Crippen LogP contribution in [0.5, 0.6) is 0 Å². The van der Waals surface area contributed by atoms with E-state index in [-0.39, 0.29) is 0 Å². The van der Waals surface area contributed by atoms with Crippen LogP contribution in [0.4, 0.5) is 0 Å². The van der Waals surface area contributed by atoms with Crippen LogP contribution >= 0.6 is 11.8 Å². The number of benzene rings is 11. The van der Waals surface area contributed by atoms with Gasteiger partial charge in [0, 0.05) is 54.6 Å². The number of para-hydroxylation sites is 2. The molecule has 0 amide bonds. The molecule has 0 fully saturated rings. The van der Waals surface area contributed by atoms with E-state index in [0.29, 0.717) is 5.84 Å². The first-order valence-corrected chi connectivity index (χ1v) is 24.9. The predicted octanol–water partition coefficient (Wildman–Crippen LogP) is 16.1. The van der Waals surface area contributed by atoms with Crippen molar-refractivity contribution in [3.05, 3.63) is 247 Å². The second-order valence-electron chi connectivity index (χ2n) is 18.5. The summed E-state index contributed by atoms with van der Waals surface area (Å²) in [6, 6.07) is 81.9. The van der Waals surface area contributed by atoms with Crippen LogP contribution in [0.15, 0.2) is 239 Å². The fraction of sp³-hybridized carbons (Fsp3) is 0.0312. The fourth-order valence-electron chi connectivity index (χ4n) is 11.3. The van der Waals surface area contributed by atoms with Crippen molar-refractivity contribution in [2.45, 2.75) is 16.8 Å². The second-order valence-corrected chi connectivity index (χ2v) is 19.5. The molecule has 2 aliphatic rings. The van der Waals surface area contributed by atoms with Crippen molar-refractivity contribution >= 4 is 99.4 Å². The average molecular weight is 912 g/mol. The fourth-order valence-corrected chi connectivity index (χ4v) is 12.5. The minimum Gasteiger partial charge on any atom is -0.344 e. The van der Waals surface area contributed by atoms with Gasteiger partial charge in [0.1, 0.15) is 12.0 Å². The molecule has 0 radical (unpaired) electrons. The zero-order valence-electron chi connectivity index (χ0n) is 37.8. The maximum atomic E-state index is 5.66. The summed E-state index contributed by atoms with van der Waals surface area (Å²) < 4.78 is 4.90. The van der Waals surface area contributed by atoms with Crippen LogP contribution in [-0.4, -0.2) is 20.8 Å². The van der Waals surface area contributed by atoms with Crippen molar-refractivity contribution in [3.8, 4) is 22.5 Å². The molecule has 328 valence electrons. The first kappa shape index (κ1) is 39.3. The van der Waals surface area contributed by atoms with E-state index in [1.807, 2.05) is 11.8 Å². The van der Waals surface area contributed by atoms with Crippen LogP contribution < -0.4 is 5.32 Å². The molecule has 6 heteroatoms. The molecule has 11 aromatic carbocycles. The van der Waals surface area contributed by atoms with Crippen molar-refractivity contribution in [1.82, 2.24) is 14.5 Å². The van der Waals surface area contributed by atoms with Crippen LogP contribution in [0.2, 0.25) is 0 Å². The van der Waals surface area contributed by atoms with Gasteiger partial charge in [-0.2, -0.15) is 0 Å². The monoisotopic (exact) mass is 911 g/mol. The van der Waals surface area contributed by atoms with E-state index in [1.165, 1.54) is 86.6 Å². The number of nitrogens with one attached hydrogen (secondary N) is 1. The summed E-state index contributed by atoms with van der Waals surface area (Å²) in [7, 11) is 0. The maximum absolute atomic E-state index is 5.66. The van der Waals surface area contributed by atoms with Gasteiger partial charge in [-0.15, -0.1) is 11.8 Å². The summed E-state index contributed by atoms with van der Waals surface area (Å²) in [5.74, 6) is 2.36. The predicted molar refractivity (Wildman–Crippen MR) is 294 cm³/mol. The Morgan fingerprint density at radius 1 is 0.443 bits per heavy atom. The van der Waals surface area contributed by atoms with Gasteiger partial charge in [0.2, 0.25) is 0 Å². The van der Waals surface area contributed by atoms with Gasteiger partial charge in [0.15, 0.2) is 5.84 Å². The third kappa shape index (κ3) is 6.06. The van der Waals surface area contributed by atoms with Crippen molar-refractivity contribution < 1.29 is 0 Å².